The van der Waals surface area contributed by atoms with Crippen LogP contribution in [0.1, 0.15) is 20.8 Å². The standard InChI is InChI=1S/C14H17NS/c1-14(2,3)15-13-6-4-11(5-7-13)12-8-9-16-10-12/h4-10,15H,1-3H3. The van der Waals surface area contributed by atoms with Crippen LogP contribution in [0.4, 0.5) is 5.69 Å². The second-order valence-electron chi connectivity index (χ2n) is 4.96. The highest BCUT2D eigenvalue weighted by Crippen LogP contribution is 2.24. The molecule has 0 fully saturated rings. The van der Waals surface area contributed by atoms with E-state index >= 15 is 0 Å². The van der Waals surface area contributed by atoms with Gasteiger partial charge in [-0.05, 0) is 60.9 Å². The lowest BCUT2D eigenvalue weighted by molar-refractivity contribution is 0.634. The van der Waals surface area contributed by atoms with Gasteiger partial charge in [-0.3, -0.25) is 0 Å². The van der Waals surface area contributed by atoms with Crippen molar-refractivity contribution >= 4 is 17.0 Å². The van der Waals surface area contributed by atoms with Crippen molar-refractivity contribution in [1.29, 1.82) is 0 Å². The summed E-state index contributed by atoms with van der Waals surface area (Å²) in [6, 6.07) is 10.7. The molecule has 84 valence electrons. The van der Waals surface area contributed by atoms with Crippen molar-refractivity contribution in [1.82, 2.24) is 0 Å². The minimum Gasteiger partial charge on any atom is -0.380 e. The van der Waals surface area contributed by atoms with E-state index in [-0.39, 0.29) is 5.54 Å². The van der Waals surface area contributed by atoms with Gasteiger partial charge in [0, 0.05) is 11.2 Å². The Hall–Kier alpha value is -1.28. The van der Waals surface area contributed by atoms with E-state index in [0.29, 0.717) is 0 Å². The monoisotopic (exact) mass is 231 g/mol. The van der Waals surface area contributed by atoms with Crippen LogP contribution in [0.15, 0.2) is 41.1 Å². The Balaban J connectivity index is 2.17. The highest BCUT2D eigenvalue weighted by Gasteiger charge is 2.08. The van der Waals surface area contributed by atoms with E-state index in [4.69, 9.17) is 0 Å². The van der Waals surface area contributed by atoms with E-state index in [1.807, 2.05) is 0 Å². The van der Waals surface area contributed by atoms with Gasteiger partial charge >= 0.3 is 0 Å². The van der Waals surface area contributed by atoms with Crippen LogP contribution < -0.4 is 5.32 Å². The summed E-state index contributed by atoms with van der Waals surface area (Å²) in [7, 11) is 0. The molecule has 0 spiro atoms. The lowest BCUT2D eigenvalue weighted by Crippen LogP contribution is -2.25. The molecule has 1 N–H and O–H groups in total. The highest BCUT2D eigenvalue weighted by atomic mass is 32.1. The van der Waals surface area contributed by atoms with Gasteiger partial charge in [0.25, 0.3) is 0 Å². The molecule has 0 aliphatic carbocycles. The summed E-state index contributed by atoms with van der Waals surface area (Å²) >= 11 is 1.73. The first-order valence-electron chi connectivity index (χ1n) is 5.45. The molecular weight excluding hydrogens is 214 g/mol. The van der Waals surface area contributed by atoms with Gasteiger partial charge in [-0.25, -0.2) is 0 Å². The fourth-order valence-electron chi connectivity index (χ4n) is 1.61. The zero-order chi connectivity index (χ0) is 11.6. The first-order chi connectivity index (χ1) is 7.54. The van der Waals surface area contributed by atoms with Crippen LogP contribution in [0.2, 0.25) is 0 Å². The summed E-state index contributed by atoms with van der Waals surface area (Å²) in [4.78, 5) is 0. The average molecular weight is 231 g/mol. The molecule has 1 heterocycles. The fourth-order valence-corrected chi connectivity index (χ4v) is 2.27. The van der Waals surface area contributed by atoms with E-state index < -0.39 is 0 Å². The maximum absolute atomic E-state index is 3.46. The zero-order valence-electron chi connectivity index (χ0n) is 9.95. The Bertz CT molecular complexity index is 435. The molecule has 0 saturated carbocycles. The molecule has 2 aromatic rings. The molecule has 0 unspecified atom stereocenters. The first kappa shape index (κ1) is 11.2. The molecule has 0 radical (unpaired) electrons. The average Bonchev–Trinajstić information content (AvgIpc) is 2.69. The normalized spacial score (nSPS) is 11.4. The number of nitrogens with one attached hydrogen (secondary N) is 1. The third-order valence-electron chi connectivity index (χ3n) is 2.26. The van der Waals surface area contributed by atoms with Gasteiger partial charge in [-0.2, -0.15) is 11.3 Å². The molecule has 2 rings (SSSR count). The number of thiophene rings is 1. The van der Waals surface area contributed by atoms with E-state index in [1.165, 1.54) is 16.8 Å². The smallest absolute Gasteiger partial charge is 0.0344 e. The molecule has 0 atom stereocenters. The van der Waals surface area contributed by atoms with Gasteiger partial charge < -0.3 is 5.32 Å². The number of benzene rings is 1. The number of hydrogen-bond acceptors (Lipinski definition) is 2. The lowest BCUT2D eigenvalue weighted by atomic mass is 10.1. The Morgan fingerprint density at radius 1 is 0.938 bits per heavy atom. The quantitative estimate of drug-likeness (QED) is 0.795. The van der Waals surface area contributed by atoms with Crippen LogP contribution in [0.25, 0.3) is 11.1 Å². The van der Waals surface area contributed by atoms with Gasteiger partial charge in [0.15, 0.2) is 0 Å². The third kappa shape index (κ3) is 2.86. The molecule has 0 aliphatic heterocycles. The minimum atomic E-state index is 0.115. The molecular formula is C14H17NS. The van der Waals surface area contributed by atoms with Gasteiger partial charge in [0.05, 0.1) is 0 Å². The van der Waals surface area contributed by atoms with E-state index in [1.54, 1.807) is 11.3 Å². The zero-order valence-corrected chi connectivity index (χ0v) is 10.8. The van der Waals surface area contributed by atoms with Crippen molar-refractivity contribution in [3.63, 3.8) is 0 Å². The molecule has 16 heavy (non-hydrogen) atoms. The summed E-state index contributed by atoms with van der Waals surface area (Å²) in [6.45, 7) is 6.50. The van der Waals surface area contributed by atoms with Crippen molar-refractivity contribution in [3.05, 3.63) is 41.1 Å². The van der Waals surface area contributed by atoms with Crippen molar-refractivity contribution in [2.24, 2.45) is 0 Å². The fraction of sp³-hybridized carbons (Fsp3) is 0.286. The predicted molar refractivity (Wildman–Crippen MR) is 73.1 cm³/mol. The Morgan fingerprint density at radius 2 is 1.62 bits per heavy atom. The minimum absolute atomic E-state index is 0.115. The second-order valence-corrected chi connectivity index (χ2v) is 5.74. The molecule has 0 saturated heterocycles. The molecule has 1 aromatic heterocycles. The molecule has 1 aromatic carbocycles. The first-order valence-corrected chi connectivity index (χ1v) is 6.40. The van der Waals surface area contributed by atoms with Crippen LogP contribution in [0, 0.1) is 0 Å². The third-order valence-corrected chi connectivity index (χ3v) is 2.94. The van der Waals surface area contributed by atoms with Gasteiger partial charge in [-0.1, -0.05) is 12.1 Å². The van der Waals surface area contributed by atoms with E-state index in [0.717, 1.165) is 0 Å². The van der Waals surface area contributed by atoms with Crippen LogP contribution in [0.3, 0.4) is 0 Å². The van der Waals surface area contributed by atoms with Crippen LogP contribution in [-0.2, 0) is 0 Å². The van der Waals surface area contributed by atoms with Gasteiger partial charge in [0.2, 0.25) is 0 Å². The van der Waals surface area contributed by atoms with Crippen molar-refractivity contribution < 1.29 is 0 Å². The van der Waals surface area contributed by atoms with Crippen molar-refractivity contribution in [2.45, 2.75) is 26.3 Å². The lowest BCUT2D eigenvalue weighted by Gasteiger charge is -2.22. The summed E-state index contributed by atoms with van der Waals surface area (Å²) in [5.41, 5.74) is 3.86. The topological polar surface area (TPSA) is 12.0 Å². The highest BCUT2D eigenvalue weighted by molar-refractivity contribution is 7.08. The maximum Gasteiger partial charge on any atom is 0.0344 e. The summed E-state index contributed by atoms with van der Waals surface area (Å²) in [5, 5.41) is 7.74. The summed E-state index contributed by atoms with van der Waals surface area (Å²) in [6.07, 6.45) is 0. The molecule has 1 nitrogen and oxygen atoms in total. The van der Waals surface area contributed by atoms with Crippen LogP contribution in [-0.4, -0.2) is 5.54 Å². The molecule has 0 amide bonds. The largest absolute Gasteiger partial charge is 0.380 e. The van der Waals surface area contributed by atoms with Gasteiger partial charge in [-0.15, -0.1) is 0 Å². The SMILES string of the molecule is CC(C)(C)Nc1ccc(-c2ccsc2)cc1. The van der Waals surface area contributed by atoms with E-state index in [2.05, 4.69) is 67.2 Å². The van der Waals surface area contributed by atoms with Crippen molar-refractivity contribution in [2.75, 3.05) is 5.32 Å². The Labute approximate surface area is 101 Å². The van der Waals surface area contributed by atoms with Crippen molar-refractivity contribution in [3.8, 4) is 11.1 Å². The van der Waals surface area contributed by atoms with E-state index in [9.17, 15) is 0 Å². The molecule has 0 aliphatic rings. The number of hydrogen-bond donors (Lipinski definition) is 1. The number of rotatable bonds is 2. The maximum atomic E-state index is 3.46. The molecule has 2 heteroatoms. The summed E-state index contributed by atoms with van der Waals surface area (Å²) < 4.78 is 0. The molecule has 0 bridgehead atoms. The number of anilines is 1. The summed E-state index contributed by atoms with van der Waals surface area (Å²) in [5.74, 6) is 0. The Kier molecular flexibility index (Phi) is 3.01. The predicted octanol–water partition coefficient (Wildman–Crippen LogP) is 4.63. The van der Waals surface area contributed by atoms with Crippen LogP contribution >= 0.6 is 11.3 Å². The Morgan fingerprint density at radius 3 is 2.12 bits per heavy atom. The van der Waals surface area contributed by atoms with Crippen LogP contribution in [0.5, 0.6) is 0 Å². The van der Waals surface area contributed by atoms with Gasteiger partial charge in [0.1, 0.15) is 0 Å². The second kappa shape index (κ2) is 4.30.